The first-order valence-corrected chi connectivity index (χ1v) is 13.4. The molecular weight excluding hydrogens is 428 g/mol. The standard InChI is InChI=1S/C22H38N6OS2/c1-4-20-12-21(22(31-20)5-8-25-29)17-6-9-26(16(2)11-17)13-18(23)14-28(24)19-7-10-27(15-19)30-3/h12,14,16-17,19H,4-11,13,15,23-24H2,1-3H3/b18-14-. The lowest BCUT2D eigenvalue weighted by molar-refractivity contribution is 0.157. The molecule has 9 heteroatoms. The van der Waals surface area contributed by atoms with Crippen molar-refractivity contribution >= 4 is 23.3 Å². The van der Waals surface area contributed by atoms with Gasteiger partial charge in [-0.3, -0.25) is 4.90 Å². The minimum atomic E-state index is 0.333. The van der Waals surface area contributed by atoms with Gasteiger partial charge in [0.05, 0.1) is 12.6 Å². The zero-order valence-electron chi connectivity index (χ0n) is 19.1. The van der Waals surface area contributed by atoms with E-state index in [1.165, 1.54) is 15.3 Å². The molecule has 0 aliphatic carbocycles. The summed E-state index contributed by atoms with van der Waals surface area (Å²) in [4.78, 5) is 15.9. The number of hydrogen-bond acceptors (Lipinski definition) is 9. The highest BCUT2D eigenvalue weighted by Gasteiger charge is 2.29. The second-order valence-electron chi connectivity index (χ2n) is 8.75. The molecule has 0 spiro atoms. The Morgan fingerprint density at radius 3 is 2.87 bits per heavy atom. The van der Waals surface area contributed by atoms with Crippen LogP contribution in [0.2, 0.25) is 0 Å². The highest BCUT2D eigenvalue weighted by atomic mass is 32.2. The molecule has 0 saturated carbocycles. The fraction of sp³-hybridized carbons (Fsp3) is 0.727. The lowest BCUT2D eigenvalue weighted by Crippen LogP contribution is -2.43. The van der Waals surface area contributed by atoms with E-state index in [4.69, 9.17) is 11.6 Å². The van der Waals surface area contributed by atoms with Gasteiger partial charge in [0, 0.05) is 53.7 Å². The first kappa shape index (κ1) is 24.5. The smallest absolute Gasteiger partial charge is 0.0859 e. The average molecular weight is 467 g/mol. The summed E-state index contributed by atoms with van der Waals surface area (Å²) in [6.07, 6.45) is 9.18. The maximum Gasteiger partial charge on any atom is 0.0859 e. The number of aryl methyl sites for hydroxylation is 1. The number of hydrazine groups is 1. The van der Waals surface area contributed by atoms with Crippen molar-refractivity contribution in [3.63, 3.8) is 0 Å². The van der Waals surface area contributed by atoms with E-state index < -0.39 is 0 Å². The number of nitroso groups, excluding NO2 is 1. The molecule has 3 rings (SSSR count). The number of nitrogens with zero attached hydrogens (tertiary/aromatic N) is 4. The van der Waals surface area contributed by atoms with Crippen molar-refractivity contribution in [3.8, 4) is 0 Å². The fourth-order valence-electron chi connectivity index (χ4n) is 4.79. The number of hydrogen-bond donors (Lipinski definition) is 2. The predicted molar refractivity (Wildman–Crippen MR) is 133 cm³/mol. The highest BCUT2D eigenvalue weighted by molar-refractivity contribution is 7.96. The number of rotatable bonds is 10. The Morgan fingerprint density at radius 2 is 2.23 bits per heavy atom. The van der Waals surface area contributed by atoms with Gasteiger partial charge in [-0.1, -0.05) is 24.0 Å². The van der Waals surface area contributed by atoms with Crippen LogP contribution in [-0.2, 0) is 12.8 Å². The van der Waals surface area contributed by atoms with E-state index in [9.17, 15) is 4.91 Å². The molecule has 0 radical (unpaired) electrons. The van der Waals surface area contributed by atoms with Crippen molar-refractivity contribution in [1.82, 2.24) is 14.2 Å². The quantitative estimate of drug-likeness (QED) is 0.236. The highest BCUT2D eigenvalue weighted by Crippen LogP contribution is 2.37. The summed E-state index contributed by atoms with van der Waals surface area (Å²) in [5, 5.41) is 4.90. The van der Waals surface area contributed by atoms with Crippen molar-refractivity contribution in [2.45, 2.75) is 64.0 Å². The molecule has 3 unspecified atom stereocenters. The fourth-order valence-corrected chi connectivity index (χ4v) is 6.59. The van der Waals surface area contributed by atoms with E-state index >= 15 is 0 Å². The Kier molecular flexibility index (Phi) is 9.21. The molecule has 174 valence electrons. The van der Waals surface area contributed by atoms with E-state index in [2.05, 4.69) is 40.6 Å². The van der Waals surface area contributed by atoms with E-state index in [0.29, 0.717) is 24.5 Å². The van der Waals surface area contributed by atoms with Gasteiger partial charge in [0.25, 0.3) is 0 Å². The van der Waals surface area contributed by atoms with E-state index in [-0.39, 0.29) is 0 Å². The molecule has 2 fully saturated rings. The van der Waals surface area contributed by atoms with Crippen LogP contribution in [-0.4, -0.2) is 65.3 Å². The third-order valence-electron chi connectivity index (χ3n) is 6.63. The topological polar surface area (TPSA) is 91.2 Å². The molecule has 31 heavy (non-hydrogen) atoms. The van der Waals surface area contributed by atoms with Crippen LogP contribution in [0.15, 0.2) is 23.1 Å². The first-order valence-electron chi connectivity index (χ1n) is 11.4. The zero-order chi connectivity index (χ0) is 22.4. The van der Waals surface area contributed by atoms with Crippen molar-refractivity contribution in [1.29, 1.82) is 0 Å². The van der Waals surface area contributed by atoms with Crippen LogP contribution in [0, 0.1) is 4.91 Å². The molecule has 4 N–H and O–H groups in total. The molecule has 1 aromatic rings. The van der Waals surface area contributed by atoms with Gasteiger partial charge >= 0.3 is 0 Å². The second kappa shape index (κ2) is 11.7. The Bertz CT molecular complexity index is 754. The molecule has 0 bridgehead atoms. The number of nitrogens with two attached hydrogens (primary N) is 2. The SMILES string of the molecule is CCc1cc(C2CCN(C/C(N)=C/N(N)C3CCN(SC)C3)C(C)C2)c(CCN=O)s1. The van der Waals surface area contributed by atoms with Gasteiger partial charge in [-0.25, -0.2) is 10.1 Å². The van der Waals surface area contributed by atoms with Crippen LogP contribution >= 0.6 is 23.3 Å². The minimum Gasteiger partial charge on any atom is -0.400 e. The van der Waals surface area contributed by atoms with Crippen LogP contribution in [0.1, 0.15) is 54.3 Å². The third kappa shape index (κ3) is 6.44. The summed E-state index contributed by atoms with van der Waals surface area (Å²) in [6, 6.07) is 3.16. The molecule has 2 aliphatic heterocycles. The average Bonchev–Trinajstić information content (AvgIpc) is 3.40. The summed E-state index contributed by atoms with van der Waals surface area (Å²) < 4.78 is 2.34. The molecule has 1 aromatic heterocycles. The van der Waals surface area contributed by atoms with Gasteiger partial charge in [-0.05, 0) is 63.0 Å². The third-order valence-corrected chi connectivity index (χ3v) is 8.83. The summed E-state index contributed by atoms with van der Waals surface area (Å²) in [6.45, 7) is 8.70. The summed E-state index contributed by atoms with van der Waals surface area (Å²) in [5.74, 6) is 6.85. The van der Waals surface area contributed by atoms with Gasteiger partial charge in [-0.2, -0.15) is 4.91 Å². The van der Waals surface area contributed by atoms with Crippen LogP contribution in [0.5, 0.6) is 0 Å². The van der Waals surface area contributed by atoms with Crippen molar-refractivity contribution in [2.75, 3.05) is 39.0 Å². The molecule has 0 amide bonds. The lowest BCUT2D eigenvalue weighted by atomic mass is 9.85. The van der Waals surface area contributed by atoms with Crippen molar-refractivity contribution in [3.05, 3.63) is 38.2 Å². The first-order chi connectivity index (χ1) is 14.9. The predicted octanol–water partition coefficient (Wildman–Crippen LogP) is 3.52. The monoisotopic (exact) mass is 466 g/mol. The Morgan fingerprint density at radius 1 is 1.42 bits per heavy atom. The van der Waals surface area contributed by atoms with Gasteiger partial charge in [0.1, 0.15) is 0 Å². The van der Waals surface area contributed by atoms with E-state index in [1.54, 1.807) is 11.9 Å². The largest absolute Gasteiger partial charge is 0.400 e. The summed E-state index contributed by atoms with van der Waals surface area (Å²) in [7, 11) is 0. The van der Waals surface area contributed by atoms with Crippen LogP contribution in [0.3, 0.4) is 0 Å². The minimum absolute atomic E-state index is 0.333. The van der Waals surface area contributed by atoms with Gasteiger partial charge < -0.3 is 10.7 Å². The molecule has 0 aromatic carbocycles. The summed E-state index contributed by atoms with van der Waals surface area (Å²) in [5.41, 5.74) is 8.67. The second-order valence-corrected chi connectivity index (χ2v) is 10.9. The van der Waals surface area contributed by atoms with Crippen molar-refractivity contribution < 1.29 is 0 Å². The van der Waals surface area contributed by atoms with E-state index in [0.717, 1.165) is 64.0 Å². The van der Waals surface area contributed by atoms with Crippen LogP contribution < -0.4 is 11.6 Å². The van der Waals surface area contributed by atoms with Crippen LogP contribution in [0.25, 0.3) is 0 Å². The number of thiophene rings is 1. The molecule has 7 nitrogen and oxygen atoms in total. The van der Waals surface area contributed by atoms with Gasteiger partial charge in [0.15, 0.2) is 0 Å². The number of piperidine rings is 1. The van der Waals surface area contributed by atoms with E-state index in [1.807, 2.05) is 22.5 Å². The van der Waals surface area contributed by atoms with Crippen LogP contribution in [0.4, 0.5) is 0 Å². The number of likely N-dealkylation sites (tertiary alicyclic amines) is 1. The van der Waals surface area contributed by atoms with Gasteiger partial charge in [-0.15, -0.1) is 11.3 Å². The molecular formula is C22H38N6OS2. The Labute approximate surface area is 195 Å². The van der Waals surface area contributed by atoms with Gasteiger partial charge in [0.2, 0.25) is 0 Å². The zero-order valence-corrected chi connectivity index (χ0v) is 20.8. The molecule has 3 heterocycles. The Hall–Kier alpha value is -1.13. The maximum atomic E-state index is 10.6. The summed E-state index contributed by atoms with van der Waals surface area (Å²) >= 11 is 3.64. The maximum absolute atomic E-state index is 10.6. The molecule has 2 saturated heterocycles. The molecule has 2 aliphatic rings. The normalized spacial score (nSPS) is 25.8. The van der Waals surface area contributed by atoms with Crippen molar-refractivity contribution in [2.24, 2.45) is 16.8 Å². The lowest BCUT2D eigenvalue weighted by Gasteiger charge is -2.38. The molecule has 3 atom stereocenters. The Balaban J connectivity index is 1.56.